The number of nitrogens with two attached hydrogens (primary N) is 2. The van der Waals surface area contributed by atoms with E-state index in [0.29, 0.717) is 12.8 Å². The van der Waals surface area contributed by atoms with E-state index in [1.54, 1.807) is 27.7 Å². The molecule has 34 heavy (non-hydrogen) atoms. The molecule has 0 saturated carbocycles. The molecule has 9 N–H and O–H groups in total. The van der Waals surface area contributed by atoms with E-state index < -0.39 is 78.5 Å². The van der Waals surface area contributed by atoms with Crippen LogP contribution in [0.3, 0.4) is 0 Å². The van der Waals surface area contributed by atoms with Crippen LogP contribution >= 0.6 is 0 Å². The molecular weight excluding hydrogens is 450 g/mol. The zero-order valence-electron chi connectivity index (χ0n) is 20.0. The average Bonchev–Trinajstić information content (AvgIpc) is 2.75. The molecule has 13 nitrogen and oxygen atoms in total. The lowest BCUT2D eigenvalue weighted by Gasteiger charge is -2.30. The molecule has 0 aliphatic heterocycles. The second kappa shape index (κ2) is 14.8. The third kappa shape index (κ3) is 10.6. The number of carbonyl (C=O) groups excluding carboxylic acids is 4. The SMILES string of the molecule is CCC(C)C(NC(=O)C(N)CC(N)=O)C(=O)NC(C(=O)NC(CCC(=O)O)C(=O)O)C(C)CC. The fraction of sp³-hybridized carbons (Fsp3) is 0.714. The van der Waals surface area contributed by atoms with Crippen molar-refractivity contribution in [1.29, 1.82) is 0 Å². The van der Waals surface area contributed by atoms with Crippen LogP contribution in [0.2, 0.25) is 0 Å². The van der Waals surface area contributed by atoms with Gasteiger partial charge in [0, 0.05) is 6.42 Å². The summed E-state index contributed by atoms with van der Waals surface area (Å²) in [5.41, 5.74) is 10.7. The van der Waals surface area contributed by atoms with E-state index in [0.717, 1.165) is 0 Å². The maximum Gasteiger partial charge on any atom is 0.326 e. The molecule has 0 aromatic rings. The summed E-state index contributed by atoms with van der Waals surface area (Å²) in [6.07, 6.45) is -0.271. The summed E-state index contributed by atoms with van der Waals surface area (Å²) < 4.78 is 0. The molecule has 194 valence electrons. The van der Waals surface area contributed by atoms with Crippen LogP contribution in [0.5, 0.6) is 0 Å². The predicted molar refractivity (Wildman–Crippen MR) is 121 cm³/mol. The highest BCUT2D eigenvalue weighted by molar-refractivity contribution is 5.95. The lowest BCUT2D eigenvalue weighted by molar-refractivity contribution is -0.143. The molecule has 0 aliphatic carbocycles. The van der Waals surface area contributed by atoms with E-state index in [1.165, 1.54) is 0 Å². The molecule has 0 aromatic carbocycles. The minimum absolute atomic E-state index is 0.332. The average molecular weight is 488 g/mol. The molecular formula is C21H37N5O8. The Morgan fingerprint density at radius 2 is 1.24 bits per heavy atom. The number of rotatable bonds is 16. The van der Waals surface area contributed by atoms with Gasteiger partial charge in [0.25, 0.3) is 0 Å². The van der Waals surface area contributed by atoms with Crippen molar-refractivity contribution in [3.63, 3.8) is 0 Å². The Morgan fingerprint density at radius 3 is 1.62 bits per heavy atom. The third-order valence-corrected chi connectivity index (χ3v) is 5.61. The predicted octanol–water partition coefficient (Wildman–Crippen LogP) is -1.31. The number of carboxylic acids is 2. The second-order valence-corrected chi connectivity index (χ2v) is 8.35. The number of hydrogen-bond acceptors (Lipinski definition) is 7. The Hall–Kier alpha value is -3.22. The summed E-state index contributed by atoms with van der Waals surface area (Å²) in [7, 11) is 0. The Balaban J connectivity index is 5.62. The topological polar surface area (TPSA) is 231 Å². The van der Waals surface area contributed by atoms with Crippen molar-refractivity contribution < 1.29 is 39.0 Å². The summed E-state index contributed by atoms with van der Waals surface area (Å²) in [6, 6.07) is -4.94. The van der Waals surface area contributed by atoms with Crippen molar-refractivity contribution in [2.24, 2.45) is 23.3 Å². The van der Waals surface area contributed by atoms with Gasteiger partial charge in [-0.05, 0) is 18.3 Å². The van der Waals surface area contributed by atoms with Gasteiger partial charge in [0.15, 0.2) is 0 Å². The Kier molecular flexibility index (Phi) is 13.4. The van der Waals surface area contributed by atoms with E-state index in [4.69, 9.17) is 16.6 Å². The number of primary amides is 1. The first-order chi connectivity index (χ1) is 15.7. The minimum atomic E-state index is -1.45. The van der Waals surface area contributed by atoms with Crippen LogP contribution < -0.4 is 27.4 Å². The molecule has 0 spiro atoms. The quantitative estimate of drug-likeness (QED) is 0.137. The van der Waals surface area contributed by atoms with Gasteiger partial charge < -0.3 is 37.6 Å². The van der Waals surface area contributed by atoms with Gasteiger partial charge in [0.05, 0.1) is 12.5 Å². The highest BCUT2D eigenvalue weighted by Crippen LogP contribution is 2.13. The van der Waals surface area contributed by atoms with Crippen molar-refractivity contribution in [1.82, 2.24) is 16.0 Å². The molecule has 6 atom stereocenters. The van der Waals surface area contributed by atoms with Crippen molar-refractivity contribution in [3.05, 3.63) is 0 Å². The summed E-state index contributed by atoms with van der Waals surface area (Å²) >= 11 is 0. The number of nitrogens with one attached hydrogen (secondary N) is 3. The fourth-order valence-electron chi connectivity index (χ4n) is 3.00. The van der Waals surface area contributed by atoms with Crippen LogP contribution in [0, 0.1) is 11.8 Å². The lowest BCUT2D eigenvalue weighted by Crippen LogP contribution is -2.60. The third-order valence-electron chi connectivity index (χ3n) is 5.61. The van der Waals surface area contributed by atoms with Crippen molar-refractivity contribution in [3.8, 4) is 0 Å². The van der Waals surface area contributed by atoms with Gasteiger partial charge in [0.1, 0.15) is 18.1 Å². The van der Waals surface area contributed by atoms with Gasteiger partial charge >= 0.3 is 11.9 Å². The lowest BCUT2D eigenvalue weighted by atomic mass is 9.94. The van der Waals surface area contributed by atoms with Gasteiger partial charge in [0.2, 0.25) is 23.6 Å². The van der Waals surface area contributed by atoms with Crippen LogP contribution in [-0.2, 0) is 28.8 Å². The molecule has 0 saturated heterocycles. The molecule has 0 radical (unpaired) electrons. The summed E-state index contributed by atoms with van der Waals surface area (Å²) in [6.45, 7) is 6.94. The molecule has 0 heterocycles. The maximum atomic E-state index is 13.1. The number of hydrogen-bond donors (Lipinski definition) is 7. The van der Waals surface area contributed by atoms with Gasteiger partial charge in [-0.3, -0.25) is 24.0 Å². The Bertz CT molecular complexity index is 759. The summed E-state index contributed by atoms with van der Waals surface area (Å²) in [5, 5.41) is 25.5. The molecule has 6 unspecified atom stereocenters. The maximum absolute atomic E-state index is 13.1. The zero-order chi connectivity index (χ0) is 26.6. The molecule has 0 aliphatic rings. The van der Waals surface area contributed by atoms with Gasteiger partial charge in [-0.1, -0.05) is 40.5 Å². The second-order valence-electron chi connectivity index (χ2n) is 8.35. The van der Waals surface area contributed by atoms with Crippen molar-refractivity contribution in [2.75, 3.05) is 0 Å². The van der Waals surface area contributed by atoms with Crippen LogP contribution in [0.15, 0.2) is 0 Å². The Morgan fingerprint density at radius 1 is 0.794 bits per heavy atom. The van der Waals surface area contributed by atoms with Crippen molar-refractivity contribution in [2.45, 2.75) is 84.0 Å². The van der Waals surface area contributed by atoms with E-state index >= 15 is 0 Å². The molecule has 0 bridgehead atoms. The first-order valence-electron chi connectivity index (χ1n) is 11.1. The minimum Gasteiger partial charge on any atom is -0.481 e. The summed E-state index contributed by atoms with van der Waals surface area (Å²) in [5.74, 6) is -6.42. The number of amides is 4. The largest absolute Gasteiger partial charge is 0.481 e. The van der Waals surface area contributed by atoms with Crippen LogP contribution in [-0.4, -0.2) is 69.9 Å². The van der Waals surface area contributed by atoms with E-state index in [1.807, 2.05) is 0 Å². The van der Waals surface area contributed by atoms with Crippen LogP contribution in [0.4, 0.5) is 0 Å². The standard InChI is InChI=1S/C21H37N5O8/c1-5-10(3)16(19(31)24-13(21(33)34)7-8-15(28)29)26-20(32)17(11(4)6-2)25-18(30)12(22)9-14(23)27/h10-13,16-17H,5-9,22H2,1-4H3,(H2,23,27)(H,24,31)(H,25,30)(H,26,32)(H,28,29)(H,33,34). The first kappa shape index (κ1) is 30.8. The zero-order valence-corrected chi connectivity index (χ0v) is 20.0. The molecule has 0 fully saturated rings. The smallest absolute Gasteiger partial charge is 0.326 e. The molecule has 0 aromatic heterocycles. The fourth-order valence-corrected chi connectivity index (χ4v) is 3.00. The monoisotopic (exact) mass is 487 g/mol. The van der Waals surface area contributed by atoms with E-state index in [-0.39, 0.29) is 12.3 Å². The number of carboxylic acid groups (broad SMARTS) is 2. The molecule has 4 amide bonds. The molecule has 13 heteroatoms. The van der Waals surface area contributed by atoms with E-state index in [2.05, 4.69) is 16.0 Å². The van der Waals surface area contributed by atoms with Crippen molar-refractivity contribution >= 4 is 35.6 Å². The number of aliphatic carboxylic acids is 2. The van der Waals surface area contributed by atoms with Gasteiger partial charge in [-0.15, -0.1) is 0 Å². The number of carbonyl (C=O) groups is 6. The van der Waals surface area contributed by atoms with Gasteiger partial charge in [-0.2, -0.15) is 0 Å². The van der Waals surface area contributed by atoms with Gasteiger partial charge in [-0.25, -0.2) is 4.79 Å². The normalized spacial score (nSPS) is 16.1. The molecule has 0 rings (SSSR count). The summed E-state index contributed by atoms with van der Waals surface area (Å²) in [4.78, 5) is 71.5. The van der Waals surface area contributed by atoms with Crippen LogP contribution in [0.25, 0.3) is 0 Å². The van der Waals surface area contributed by atoms with E-state index in [9.17, 15) is 33.9 Å². The highest BCUT2D eigenvalue weighted by atomic mass is 16.4. The first-order valence-corrected chi connectivity index (χ1v) is 11.1. The highest BCUT2D eigenvalue weighted by Gasteiger charge is 2.34. The Labute approximate surface area is 198 Å². The van der Waals surface area contributed by atoms with Crippen LogP contribution in [0.1, 0.15) is 59.8 Å².